The highest BCUT2D eigenvalue weighted by atomic mass is 35.6. The molecule has 10 heavy (non-hydrogen) atoms. The first-order valence-electron chi connectivity index (χ1n) is 1.82. The molecule has 0 unspecified atom stereocenters. The van der Waals surface area contributed by atoms with Crippen LogP contribution in [-0.2, 0) is 0 Å². The molecule has 0 nitrogen and oxygen atoms in total. The molecule has 0 rings (SSSR count). The Kier molecular flexibility index (Phi) is 3.43. The van der Waals surface area contributed by atoms with Crippen molar-refractivity contribution in [1.82, 2.24) is 0 Å². The van der Waals surface area contributed by atoms with Crippen molar-refractivity contribution < 1.29 is 13.2 Å². The van der Waals surface area contributed by atoms with E-state index in [1.54, 1.807) is 0 Å². The van der Waals surface area contributed by atoms with E-state index in [0.29, 0.717) is 0 Å². The fourth-order valence-corrected chi connectivity index (χ4v) is 0.482. The van der Waals surface area contributed by atoms with E-state index in [9.17, 15) is 13.2 Å². The Morgan fingerprint density at radius 2 is 1.30 bits per heavy atom. The van der Waals surface area contributed by atoms with Gasteiger partial charge in [0.2, 0.25) is 9.17 Å². The predicted molar refractivity (Wildman–Crippen MR) is 35.4 cm³/mol. The molecule has 0 aromatic carbocycles. The second-order valence-electron chi connectivity index (χ2n) is 1.31. The van der Waals surface area contributed by atoms with Crippen LogP contribution < -0.4 is 0 Å². The average Bonchev–Trinajstić information content (AvgIpc) is 1.59. The number of rotatable bonds is 0. The Morgan fingerprint density at radius 1 is 1.00 bits per heavy atom. The fourth-order valence-electron chi connectivity index (χ4n) is 0.161. The minimum absolute atomic E-state index is 1.66. The van der Waals surface area contributed by atoms with Gasteiger partial charge in [-0.1, -0.05) is 34.8 Å². The molecule has 0 aliphatic rings. The van der Waals surface area contributed by atoms with Crippen LogP contribution in [0, 0.1) is 5.38 Å². The van der Waals surface area contributed by atoms with E-state index >= 15 is 0 Å². The van der Waals surface area contributed by atoms with Gasteiger partial charge in [-0.05, 0) is 0 Å². The van der Waals surface area contributed by atoms with Gasteiger partial charge < -0.3 is 0 Å². The summed E-state index contributed by atoms with van der Waals surface area (Å²) in [5.41, 5.74) is 0. The van der Waals surface area contributed by atoms with Gasteiger partial charge in [-0.15, -0.1) is 11.6 Å². The Hall–Kier alpha value is 0.950. The maximum Gasteiger partial charge on any atom is 0.414 e. The molecule has 0 aliphatic carbocycles. The Bertz CT molecular complexity index is 99.9. The smallest absolute Gasteiger partial charge is 0.169 e. The van der Waals surface area contributed by atoms with Crippen LogP contribution in [0.2, 0.25) is 0 Å². The standard InChI is InChI=1S/C3Cl4F3/c4-1(2(5,6)7)3(8,9)10. The molecule has 0 aromatic rings. The van der Waals surface area contributed by atoms with Gasteiger partial charge in [-0.25, -0.2) is 0 Å². The summed E-state index contributed by atoms with van der Waals surface area (Å²) >= 11 is 19.1. The molecule has 0 N–H and O–H groups in total. The first kappa shape index (κ1) is 11.0. The van der Waals surface area contributed by atoms with E-state index < -0.39 is 15.3 Å². The van der Waals surface area contributed by atoms with E-state index in [1.165, 1.54) is 0 Å². The van der Waals surface area contributed by atoms with Crippen molar-refractivity contribution in [2.24, 2.45) is 0 Å². The minimum atomic E-state index is -4.77. The monoisotopic (exact) mass is 233 g/mol. The van der Waals surface area contributed by atoms with Crippen molar-refractivity contribution in [3.05, 3.63) is 5.38 Å². The highest BCUT2D eigenvalue weighted by molar-refractivity contribution is 6.72. The molecule has 0 heterocycles. The lowest BCUT2D eigenvalue weighted by atomic mass is 10.5. The lowest BCUT2D eigenvalue weighted by molar-refractivity contribution is -0.103. The molecule has 1 radical (unpaired) electrons. The summed E-state index contributed by atoms with van der Waals surface area (Å²) < 4.78 is 32.0. The lowest BCUT2D eigenvalue weighted by Crippen LogP contribution is -2.27. The Morgan fingerprint density at radius 3 is 1.30 bits per heavy atom. The molecule has 0 amide bonds. The summed E-state index contributed by atoms with van der Waals surface area (Å²) in [4.78, 5) is 0. The van der Waals surface area contributed by atoms with Crippen LogP contribution in [0.5, 0.6) is 0 Å². The van der Waals surface area contributed by atoms with Crippen LogP contribution in [0.4, 0.5) is 13.2 Å². The van der Waals surface area contributed by atoms with Crippen LogP contribution in [0.25, 0.3) is 0 Å². The van der Waals surface area contributed by atoms with Crippen LogP contribution in [0.15, 0.2) is 0 Å². The van der Waals surface area contributed by atoms with E-state index in [4.69, 9.17) is 34.8 Å². The zero-order chi connectivity index (χ0) is 8.58. The van der Waals surface area contributed by atoms with Gasteiger partial charge in [0.25, 0.3) is 0 Å². The van der Waals surface area contributed by atoms with Gasteiger partial charge in [0.1, 0.15) is 0 Å². The Labute approximate surface area is 75.2 Å². The van der Waals surface area contributed by atoms with Crippen molar-refractivity contribution in [2.45, 2.75) is 9.97 Å². The molecule has 7 heteroatoms. The van der Waals surface area contributed by atoms with Gasteiger partial charge in [0.15, 0.2) is 0 Å². The van der Waals surface area contributed by atoms with Crippen molar-refractivity contribution in [2.75, 3.05) is 0 Å². The van der Waals surface area contributed by atoms with Crippen molar-refractivity contribution in [3.8, 4) is 0 Å². The maximum absolute atomic E-state index is 11.5. The third kappa shape index (κ3) is 3.37. The lowest BCUT2D eigenvalue weighted by Gasteiger charge is -2.18. The molecule has 0 bridgehead atoms. The molecule has 0 saturated carbocycles. The number of hydrogen-bond acceptors (Lipinski definition) is 0. The zero-order valence-corrected chi connectivity index (χ0v) is 7.17. The quantitative estimate of drug-likeness (QED) is 0.561. The fraction of sp³-hybridized carbons (Fsp3) is 0.667. The number of halogens is 7. The predicted octanol–water partition coefficient (Wildman–Crippen LogP) is 3.69. The second kappa shape index (κ2) is 3.13. The SMILES string of the molecule is FC(F)(F)[C](Cl)C(Cl)(Cl)Cl. The molecular weight excluding hydrogens is 235 g/mol. The Balaban J connectivity index is 4.23. The van der Waals surface area contributed by atoms with Crippen LogP contribution >= 0.6 is 46.4 Å². The summed E-state index contributed by atoms with van der Waals surface area (Å²) in [5.74, 6) is 0. The molecule has 61 valence electrons. The highest BCUT2D eigenvalue weighted by Gasteiger charge is 2.51. The molecule has 0 aliphatic heterocycles. The minimum Gasteiger partial charge on any atom is -0.169 e. The van der Waals surface area contributed by atoms with Crippen molar-refractivity contribution in [1.29, 1.82) is 0 Å². The highest BCUT2D eigenvalue weighted by Crippen LogP contribution is 2.48. The van der Waals surface area contributed by atoms with E-state index in [0.717, 1.165) is 0 Å². The molecule has 0 saturated heterocycles. The van der Waals surface area contributed by atoms with Crippen molar-refractivity contribution in [3.63, 3.8) is 0 Å². The topological polar surface area (TPSA) is 0 Å². The van der Waals surface area contributed by atoms with Gasteiger partial charge in [-0.2, -0.15) is 13.2 Å². The largest absolute Gasteiger partial charge is 0.414 e. The summed E-state index contributed by atoms with van der Waals surface area (Å²) in [5, 5.41) is -1.66. The molecule has 0 atom stereocenters. The summed E-state index contributed by atoms with van der Waals surface area (Å²) in [6, 6.07) is 0. The third-order valence-corrected chi connectivity index (χ3v) is 1.85. The van der Waals surface area contributed by atoms with E-state index in [2.05, 4.69) is 11.6 Å². The summed E-state index contributed by atoms with van der Waals surface area (Å²) in [7, 11) is 0. The number of alkyl halides is 6. The first-order chi connectivity index (χ1) is 4.15. The summed E-state index contributed by atoms with van der Waals surface area (Å²) in [6.45, 7) is 0. The average molecular weight is 235 g/mol. The summed E-state index contributed by atoms with van der Waals surface area (Å²) in [6.07, 6.45) is -4.77. The number of hydrogen-bond donors (Lipinski definition) is 0. The van der Waals surface area contributed by atoms with Gasteiger partial charge in [0, 0.05) is 0 Å². The van der Waals surface area contributed by atoms with Crippen LogP contribution in [0.1, 0.15) is 0 Å². The van der Waals surface area contributed by atoms with E-state index in [1.807, 2.05) is 0 Å². The molecule has 0 fully saturated rings. The van der Waals surface area contributed by atoms with Gasteiger partial charge >= 0.3 is 6.18 Å². The first-order valence-corrected chi connectivity index (χ1v) is 3.33. The third-order valence-electron chi connectivity index (χ3n) is 0.498. The van der Waals surface area contributed by atoms with Crippen LogP contribution in [-0.4, -0.2) is 9.97 Å². The van der Waals surface area contributed by atoms with Gasteiger partial charge in [0.05, 0.1) is 0 Å². The normalized spacial score (nSPS) is 14.4. The van der Waals surface area contributed by atoms with Crippen molar-refractivity contribution >= 4 is 46.4 Å². The zero-order valence-electron chi connectivity index (χ0n) is 4.15. The van der Waals surface area contributed by atoms with Crippen LogP contribution in [0.3, 0.4) is 0 Å². The molecule has 0 aromatic heterocycles. The molecular formula is C3Cl4F3. The van der Waals surface area contributed by atoms with Gasteiger partial charge in [-0.3, -0.25) is 0 Å². The second-order valence-corrected chi connectivity index (χ2v) is 3.97. The maximum atomic E-state index is 11.5. The van der Waals surface area contributed by atoms with E-state index in [-0.39, 0.29) is 0 Å². The molecule has 0 spiro atoms.